The van der Waals surface area contributed by atoms with Crippen molar-refractivity contribution in [2.75, 3.05) is 45.9 Å². The lowest BCUT2D eigenvalue weighted by molar-refractivity contribution is 0.172. The Kier molecular flexibility index (Phi) is 2.48. The van der Waals surface area contributed by atoms with Gasteiger partial charge in [0, 0.05) is 26.2 Å². The molecule has 3 unspecified atom stereocenters. The standard InChI is InChI=1S/C11H20N2O/c1-2-14-8-9(1)5-13-6-10-3-12-4-11(10)7-13/h9-12H,1-8H2. The number of fused-ring (bicyclic) bond motifs is 1. The predicted molar refractivity (Wildman–Crippen MR) is 55.2 cm³/mol. The number of nitrogens with one attached hydrogen (secondary N) is 1. The van der Waals surface area contributed by atoms with E-state index in [4.69, 9.17) is 4.74 Å². The highest BCUT2D eigenvalue weighted by Gasteiger charge is 2.36. The van der Waals surface area contributed by atoms with E-state index in [1.807, 2.05) is 0 Å². The quantitative estimate of drug-likeness (QED) is 0.681. The molecule has 0 radical (unpaired) electrons. The van der Waals surface area contributed by atoms with Crippen molar-refractivity contribution in [1.82, 2.24) is 10.2 Å². The fourth-order valence-corrected chi connectivity index (χ4v) is 3.19. The molecule has 0 aliphatic carbocycles. The monoisotopic (exact) mass is 196 g/mol. The smallest absolute Gasteiger partial charge is 0.0507 e. The third-order valence-corrected chi connectivity index (χ3v) is 4.01. The minimum Gasteiger partial charge on any atom is -0.381 e. The Balaban J connectivity index is 1.50. The fraction of sp³-hybridized carbons (Fsp3) is 1.00. The van der Waals surface area contributed by atoms with Crippen LogP contribution < -0.4 is 5.32 Å². The Morgan fingerprint density at radius 3 is 2.64 bits per heavy atom. The molecule has 0 aromatic heterocycles. The van der Waals surface area contributed by atoms with E-state index in [9.17, 15) is 0 Å². The van der Waals surface area contributed by atoms with Crippen molar-refractivity contribution in [2.24, 2.45) is 17.8 Å². The van der Waals surface area contributed by atoms with Crippen LogP contribution in [-0.2, 0) is 4.74 Å². The van der Waals surface area contributed by atoms with Gasteiger partial charge in [0.1, 0.15) is 0 Å². The fourth-order valence-electron chi connectivity index (χ4n) is 3.19. The van der Waals surface area contributed by atoms with Crippen LogP contribution in [0.2, 0.25) is 0 Å². The van der Waals surface area contributed by atoms with Crippen LogP contribution in [-0.4, -0.2) is 50.8 Å². The van der Waals surface area contributed by atoms with Gasteiger partial charge < -0.3 is 15.0 Å². The molecule has 0 aromatic rings. The molecule has 0 spiro atoms. The van der Waals surface area contributed by atoms with E-state index in [0.717, 1.165) is 31.0 Å². The molecule has 3 heteroatoms. The van der Waals surface area contributed by atoms with Crippen molar-refractivity contribution in [1.29, 1.82) is 0 Å². The average molecular weight is 196 g/mol. The minimum atomic E-state index is 0.821. The van der Waals surface area contributed by atoms with Gasteiger partial charge in [0.25, 0.3) is 0 Å². The first kappa shape index (κ1) is 9.13. The summed E-state index contributed by atoms with van der Waals surface area (Å²) in [6.45, 7) is 8.44. The van der Waals surface area contributed by atoms with E-state index in [2.05, 4.69) is 10.2 Å². The topological polar surface area (TPSA) is 24.5 Å². The van der Waals surface area contributed by atoms with Gasteiger partial charge in [0.2, 0.25) is 0 Å². The highest BCUT2D eigenvalue weighted by Crippen LogP contribution is 2.27. The van der Waals surface area contributed by atoms with E-state index in [-0.39, 0.29) is 0 Å². The second-order valence-corrected chi connectivity index (χ2v) is 5.13. The van der Waals surface area contributed by atoms with Gasteiger partial charge in [-0.3, -0.25) is 0 Å². The molecule has 3 heterocycles. The van der Waals surface area contributed by atoms with Gasteiger partial charge >= 0.3 is 0 Å². The van der Waals surface area contributed by atoms with Gasteiger partial charge in [-0.25, -0.2) is 0 Å². The van der Waals surface area contributed by atoms with E-state index in [1.54, 1.807) is 0 Å². The van der Waals surface area contributed by atoms with Crippen LogP contribution >= 0.6 is 0 Å². The molecule has 0 aromatic carbocycles. The zero-order chi connectivity index (χ0) is 9.38. The van der Waals surface area contributed by atoms with Crippen molar-refractivity contribution in [3.8, 4) is 0 Å². The molecular weight excluding hydrogens is 176 g/mol. The van der Waals surface area contributed by atoms with E-state index >= 15 is 0 Å². The molecule has 3 aliphatic rings. The SMILES string of the molecule is C1CC(CN2CC3CNCC3C2)CO1. The summed E-state index contributed by atoms with van der Waals surface area (Å²) in [5, 5.41) is 3.49. The van der Waals surface area contributed by atoms with Crippen LogP contribution in [0.3, 0.4) is 0 Å². The van der Waals surface area contributed by atoms with Gasteiger partial charge in [-0.15, -0.1) is 0 Å². The number of hydrogen-bond acceptors (Lipinski definition) is 3. The van der Waals surface area contributed by atoms with Crippen LogP contribution in [0, 0.1) is 17.8 Å². The third-order valence-electron chi connectivity index (χ3n) is 4.01. The van der Waals surface area contributed by atoms with Gasteiger partial charge in [0.15, 0.2) is 0 Å². The zero-order valence-corrected chi connectivity index (χ0v) is 8.74. The lowest BCUT2D eigenvalue weighted by Crippen LogP contribution is -2.30. The summed E-state index contributed by atoms with van der Waals surface area (Å²) < 4.78 is 5.42. The Morgan fingerprint density at radius 1 is 1.21 bits per heavy atom. The van der Waals surface area contributed by atoms with Gasteiger partial charge in [0.05, 0.1) is 6.61 Å². The molecule has 3 nitrogen and oxygen atoms in total. The summed E-state index contributed by atoms with van der Waals surface area (Å²) in [5.74, 6) is 2.71. The molecule has 14 heavy (non-hydrogen) atoms. The maximum Gasteiger partial charge on any atom is 0.0507 e. The van der Waals surface area contributed by atoms with Crippen LogP contribution in [0.15, 0.2) is 0 Å². The Bertz CT molecular complexity index is 191. The summed E-state index contributed by atoms with van der Waals surface area (Å²) in [4.78, 5) is 2.66. The molecule has 0 saturated carbocycles. The summed E-state index contributed by atoms with van der Waals surface area (Å²) in [6.07, 6.45) is 1.28. The van der Waals surface area contributed by atoms with Crippen molar-refractivity contribution in [2.45, 2.75) is 6.42 Å². The number of hydrogen-bond donors (Lipinski definition) is 1. The van der Waals surface area contributed by atoms with E-state index in [1.165, 1.54) is 39.1 Å². The van der Waals surface area contributed by atoms with Crippen molar-refractivity contribution in [3.63, 3.8) is 0 Å². The maximum atomic E-state index is 5.42. The molecule has 0 amide bonds. The number of likely N-dealkylation sites (tertiary alicyclic amines) is 1. The lowest BCUT2D eigenvalue weighted by atomic mass is 10.0. The first-order valence-corrected chi connectivity index (χ1v) is 5.92. The normalized spacial score (nSPS) is 43.3. The largest absolute Gasteiger partial charge is 0.381 e. The van der Waals surface area contributed by atoms with E-state index in [0.29, 0.717) is 0 Å². The maximum absolute atomic E-state index is 5.42. The predicted octanol–water partition coefficient (Wildman–Crippen LogP) is 0.174. The summed E-state index contributed by atoms with van der Waals surface area (Å²) >= 11 is 0. The highest BCUT2D eigenvalue weighted by molar-refractivity contribution is 4.91. The first-order chi connectivity index (χ1) is 6.92. The number of nitrogens with zero attached hydrogens (tertiary/aromatic N) is 1. The Hall–Kier alpha value is -0.120. The molecule has 3 aliphatic heterocycles. The van der Waals surface area contributed by atoms with Crippen molar-refractivity contribution >= 4 is 0 Å². The van der Waals surface area contributed by atoms with Crippen molar-refractivity contribution in [3.05, 3.63) is 0 Å². The lowest BCUT2D eigenvalue weighted by Gasteiger charge is -2.20. The number of rotatable bonds is 2. The molecule has 0 bridgehead atoms. The van der Waals surface area contributed by atoms with Crippen LogP contribution in [0.1, 0.15) is 6.42 Å². The highest BCUT2D eigenvalue weighted by atomic mass is 16.5. The first-order valence-electron chi connectivity index (χ1n) is 5.92. The summed E-state index contributed by atoms with van der Waals surface area (Å²) in [5.41, 5.74) is 0. The van der Waals surface area contributed by atoms with Gasteiger partial charge in [-0.1, -0.05) is 0 Å². The second kappa shape index (κ2) is 3.80. The van der Waals surface area contributed by atoms with Crippen LogP contribution in [0.25, 0.3) is 0 Å². The molecular formula is C11H20N2O. The molecule has 3 rings (SSSR count). The molecule has 1 N–H and O–H groups in total. The Morgan fingerprint density at radius 2 is 2.00 bits per heavy atom. The van der Waals surface area contributed by atoms with E-state index < -0.39 is 0 Å². The average Bonchev–Trinajstić information content (AvgIpc) is 2.78. The second-order valence-electron chi connectivity index (χ2n) is 5.13. The number of ether oxygens (including phenoxy) is 1. The van der Waals surface area contributed by atoms with Crippen molar-refractivity contribution < 1.29 is 4.74 Å². The molecule has 3 atom stereocenters. The molecule has 3 saturated heterocycles. The molecule has 80 valence electrons. The van der Waals surface area contributed by atoms with Crippen LogP contribution in [0.5, 0.6) is 0 Å². The molecule has 3 fully saturated rings. The Labute approximate surface area is 85.8 Å². The van der Waals surface area contributed by atoms with Crippen LogP contribution in [0.4, 0.5) is 0 Å². The summed E-state index contributed by atoms with van der Waals surface area (Å²) in [6, 6.07) is 0. The minimum absolute atomic E-state index is 0.821. The van der Waals surface area contributed by atoms with Gasteiger partial charge in [-0.05, 0) is 37.3 Å². The third kappa shape index (κ3) is 1.69. The zero-order valence-electron chi connectivity index (χ0n) is 8.74. The van der Waals surface area contributed by atoms with Gasteiger partial charge in [-0.2, -0.15) is 0 Å². The summed E-state index contributed by atoms with van der Waals surface area (Å²) in [7, 11) is 0.